The molecule has 2 amide bonds. The molecule has 0 aliphatic carbocycles. The van der Waals surface area contributed by atoms with Gasteiger partial charge >= 0.3 is 0 Å². The van der Waals surface area contributed by atoms with Crippen LogP contribution in [-0.2, 0) is 12.8 Å². The van der Waals surface area contributed by atoms with Crippen molar-refractivity contribution in [1.82, 2.24) is 36.0 Å². The van der Waals surface area contributed by atoms with Crippen LogP contribution in [0.5, 0.6) is 0 Å². The van der Waals surface area contributed by atoms with Crippen LogP contribution in [0, 0.1) is 13.8 Å². The first-order valence-electron chi connectivity index (χ1n) is 10.0. The molecule has 0 radical (unpaired) electrons. The third-order valence-electron chi connectivity index (χ3n) is 4.95. The molecule has 0 saturated heterocycles. The van der Waals surface area contributed by atoms with E-state index in [9.17, 15) is 9.59 Å². The topological polar surface area (TPSA) is 128 Å². The van der Waals surface area contributed by atoms with Gasteiger partial charge in [0.2, 0.25) is 0 Å². The minimum Gasteiger partial charge on any atom is -0.352 e. The molecule has 0 unspecified atom stereocenters. The molecule has 0 aliphatic rings. The molecule has 3 heterocycles. The van der Waals surface area contributed by atoms with Crippen molar-refractivity contribution in [2.24, 2.45) is 0 Å². The van der Waals surface area contributed by atoms with Gasteiger partial charge in [-0.3, -0.25) is 24.8 Å². The van der Waals surface area contributed by atoms with E-state index in [4.69, 9.17) is 0 Å². The second kappa shape index (κ2) is 10.3. The molecule has 3 aromatic heterocycles. The van der Waals surface area contributed by atoms with E-state index in [-0.39, 0.29) is 11.8 Å². The van der Waals surface area contributed by atoms with Crippen LogP contribution in [0.3, 0.4) is 0 Å². The van der Waals surface area contributed by atoms with Crippen LogP contribution in [0.25, 0.3) is 0 Å². The van der Waals surface area contributed by atoms with Crippen LogP contribution in [0.2, 0.25) is 0 Å². The first-order valence-corrected chi connectivity index (χ1v) is 10.0. The smallest absolute Gasteiger partial charge is 0.252 e. The van der Waals surface area contributed by atoms with E-state index in [0.29, 0.717) is 24.2 Å². The maximum Gasteiger partial charge on any atom is 0.252 e. The molecule has 3 rings (SSSR count). The second-order valence-electron chi connectivity index (χ2n) is 7.22. The van der Waals surface area contributed by atoms with Gasteiger partial charge in [0.25, 0.3) is 11.8 Å². The highest BCUT2D eigenvalue weighted by Crippen LogP contribution is 2.07. The quantitative estimate of drug-likeness (QED) is 0.380. The number of carbonyl (C=O) groups is 2. The first-order chi connectivity index (χ1) is 14.5. The number of nitrogens with one attached hydrogen (secondary N) is 4. The molecule has 0 aliphatic heterocycles. The highest BCUT2D eigenvalue weighted by molar-refractivity contribution is 5.99. The number of aromatic amines is 2. The van der Waals surface area contributed by atoms with Crippen LogP contribution in [0.1, 0.15) is 56.1 Å². The number of hydrogen-bond donors (Lipinski definition) is 4. The van der Waals surface area contributed by atoms with E-state index in [2.05, 4.69) is 36.0 Å². The van der Waals surface area contributed by atoms with Crippen molar-refractivity contribution in [2.45, 2.75) is 39.5 Å². The molecule has 0 fully saturated rings. The van der Waals surface area contributed by atoms with Gasteiger partial charge in [0.15, 0.2) is 0 Å². The lowest BCUT2D eigenvalue weighted by Crippen LogP contribution is -2.27. The zero-order chi connectivity index (χ0) is 21.3. The summed E-state index contributed by atoms with van der Waals surface area (Å²) in [4.78, 5) is 28.8. The summed E-state index contributed by atoms with van der Waals surface area (Å²) in [5, 5.41) is 19.5. The average molecular weight is 409 g/mol. The average Bonchev–Trinajstić information content (AvgIpc) is 3.36. The third-order valence-corrected chi connectivity index (χ3v) is 4.95. The fraction of sp³-hybridized carbons (Fsp3) is 0.381. The Balaban J connectivity index is 1.42. The summed E-state index contributed by atoms with van der Waals surface area (Å²) in [6.07, 6.45) is 9.82. The summed E-state index contributed by atoms with van der Waals surface area (Å²) in [6.45, 7) is 5.02. The van der Waals surface area contributed by atoms with Gasteiger partial charge in [-0.2, -0.15) is 10.2 Å². The predicted octanol–water partition coefficient (Wildman–Crippen LogP) is 1.87. The highest BCUT2D eigenvalue weighted by Gasteiger charge is 2.11. The van der Waals surface area contributed by atoms with Crippen molar-refractivity contribution in [1.29, 1.82) is 0 Å². The van der Waals surface area contributed by atoms with Crippen LogP contribution in [0.4, 0.5) is 0 Å². The lowest BCUT2D eigenvalue weighted by atomic mass is 10.1. The number of amides is 2. The Labute approximate surface area is 175 Å². The molecule has 3 aromatic rings. The summed E-state index contributed by atoms with van der Waals surface area (Å²) < 4.78 is 0. The Morgan fingerprint density at radius 2 is 1.27 bits per heavy atom. The van der Waals surface area contributed by atoms with Gasteiger partial charge in [0, 0.05) is 36.9 Å². The van der Waals surface area contributed by atoms with E-state index >= 15 is 0 Å². The molecule has 0 atom stereocenters. The molecule has 30 heavy (non-hydrogen) atoms. The Bertz CT molecular complexity index is 917. The van der Waals surface area contributed by atoms with Crippen molar-refractivity contribution >= 4 is 11.8 Å². The Morgan fingerprint density at radius 1 is 0.800 bits per heavy atom. The SMILES string of the molecule is Cc1[nH]ncc1CCCNC(=O)c1cncc(C(=O)NCCCc2cn[nH]c2C)c1. The van der Waals surface area contributed by atoms with E-state index < -0.39 is 0 Å². The van der Waals surface area contributed by atoms with Gasteiger partial charge < -0.3 is 10.6 Å². The van der Waals surface area contributed by atoms with Crippen molar-refractivity contribution in [2.75, 3.05) is 13.1 Å². The Kier molecular flexibility index (Phi) is 7.31. The molecule has 0 bridgehead atoms. The maximum absolute atomic E-state index is 12.4. The van der Waals surface area contributed by atoms with Crippen LogP contribution >= 0.6 is 0 Å². The monoisotopic (exact) mass is 409 g/mol. The minimum absolute atomic E-state index is 0.239. The summed E-state index contributed by atoms with van der Waals surface area (Å²) >= 11 is 0. The molecule has 4 N–H and O–H groups in total. The van der Waals surface area contributed by atoms with Gasteiger partial charge in [-0.25, -0.2) is 0 Å². The van der Waals surface area contributed by atoms with E-state index in [0.717, 1.165) is 48.2 Å². The minimum atomic E-state index is -0.239. The molecule has 9 nitrogen and oxygen atoms in total. The fourth-order valence-corrected chi connectivity index (χ4v) is 3.11. The zero-order valence-electron chi connectivity index (χ0n) is 17.3. The van der Waals surface area contributed by atoms with Crippen molar-refractivity contribution in [3.8, 4) is 0 Å². The van der Waals surface area contributed by atoms with Gasteiger partial charge in [-0.05, 0) is 56.7 Å². The molecule has 0 spiro atoms. The second-order valence-corrected chi connectivity index (χ2v) is 7.22. The lowest BCUT2D eigenvalue weighted by molar-refractivity contribution is 0.0952. The molecular formula is C21H27N7O2. The molecule has 0 saturated carbocycles. The summed E-state index contributed by atoms with van der Waals surface area (Å²) in [7, 11) is 0. The largest absolute Gasteiger partial charge is 0.352 e. The van der Waals surface area contributed by atoms with Crippen LogP contribution in [-0.4, -0.2) is 50.3 Å². The normalized spacial score (nSPS) is 10.7. The fourth-order valence-electron chi connectivity index (χ4n) is 3.11. The molecule has 0 aromatic carbocycles. The molecule has 158 valence electrons. The van der Waals surface area contributed by atoms with Gasteiger partial charge in [0.05, 0.1) is 23.5 Å². The summed E-state index contributed by atoms with van der Waals surface area (Å²) in [5.41, 5.74) is 5.13. The predicted molar refractivity (Wildman–Crippen MR) is 112 cm³/mol. The van der Waals surface area contributed by atoms with Crippen molar-refractivity contribution in [3.63, 3.8) is 0 Å². The number of aromatic nitrogens is 5. The van der Waals surface area contributed by atoms with Crippen molar-refractivity contribution < 1.29 is 9.59 Å². The third kappa shape index (κ3) is 5.76. The number of nitrogens with zero attached hydrogens (tertiary/aromatic N) is 3. The number of hydrogen-bond acceptors (Lipinski definition) is 5. The molecular weight excluding hydrogens is 382 g/mol. The lowest BCUT2D eigenvalue weighted by Gasteiger charge is -2.08. The number of carbonyl (C=O) groups excluding carboxylic acids is 2. The summed E-state index contributed by atoms with van der Waals surface area (Å²) in [6, 6.07) is 1.57. The van der Waals surface area contributed by atoms with E-state index in [1.165, 1.54) is 12.4 Å². The van der Waals surface area contributed by atoms with Crippen LogP contribution in [0.15, 0.2) is 30.9 Å². The molecule has 9 heteroatoms. The van der Waals surface area contributed by atoms with Gasteiger partial charge in [0.1, 0.15) is 0 Å². The standard InChI is InChI=1S/C21H27N7O2/c1-14-16(12-25-27-14)5-3-7-23-20(29)18-9-19(11-22-10-18)21(30)24-8-4-6-17-13-26-28-15(17)2/h9-13H,3-8H2,1-2H3,(H,23,29)(H,24,30)(H,25,27)(H,26,28). The van der Waals surface area contributed by atoms with Gasteiger partial charge in [-0.15, -0.1) is 0 Å². The number of pyridine rings is 1. The Morgan fingerprint density at radius 3 is 1.67 bits per heavy atom. The highest BCUT2D eigenvalue weighted by atomic mass is 16.2. The van der Waals surface area contributed by atoms with Crippen LogP contribution < -0.4 is 10.6 Å². The van der Waals surface area contributed by atoms with E-state index in [1.54, 1.807) is 18.5 Å². The van der Waals surface area contributed by atoms with Crippen molar-refractivity contribution in [3.05, 3.63) is 64.5 Å². The summed E-state index contributed by atoms with van der Waals surface area (Å²) in [5.74, 6) is -0.479. The number of rotatable bonds is 10. The zero-order valence-corrected chi connectivity index (χ0v) is 17.3. The first kappa shape index (κ1) is 21.2. The number of aryl methyl sites for hydroxylation is 4. The number of H-pyrrole nitrogens is 2. The van der Waals surface area contributed by atoms with Gasteiger partial charge in [-0.1, -0.05) is 0 Å². The van der Waals surface area contributed by atoms with E-state index in [1.807, 2.05) is 13.8 Å². The maximum atomic E-state index is 12.4. The Hall–Kier alpha value is -3.49.